The summed E-state index contributed by atoms with van der Waals surface area (Å²) in [6, 6.07) is 5.77. The maximum atomic E-state index is 12.8. The number of carbonyl (C=O) groups excluding carboxylic acids is 1. The number of nitriles is 1. The molecule has 5 saturated carbocycles. The fourth-order valence-electron chi connectivity index (χ4n) is 7.14. The van der Waals surface area contributed by atoms with Crippen molar-refractivity contribution in [1.82, 2.24) is 10.2 Å². The number of aromatic nitrogens is 2. The molecule has 8 heteroatoms. The van der Waals surface area contributed by atoms with Crippen LogP contribution in [0.1, 0.15) is 81.4 Å². The Labute approximate surface area is 208 Å². The summed E-state index contributed by atoms with van der Waals surface area (Å²) in [4.78, 5) is 12.8. The van der Waals surface area contributed by atoms with Crippen LogP contribution in [-0.2, 0) is 10.2 Å². The molecule has 5 aliphatic rings. The van der Waals surface area contributed by atoms with Crippen LogP contribution >= 0.6 is 23.1 Å². The number of thioether (sulfide) groups is 1. The lowest BCUT2D eigenvalue weighted by molar-refractivity contribution is -0.112. The number of rotatable bonds is 6. The smallest absolute Gasteiger partial charge is 0.268 e. The lowest BCUT2D eigenvalue weighted by Crippen LogP contribution is -2.48. The van der Waals surface area contributed by atoms with Crippen LogP contribution in [0.15, 0.2) is 27.2 Å². The van der Waals surface area contributed by atoms with Crippen molar-refractivity contribution in [3.05, 3.63) is 28.5 Å². The van der Waals surface area contributed by atoms with Crippen LogP contribution in [-0.4, -0.2) is 21.4 Å². The van der Waals surface area contributed by atoms with E-state index in [1.807, 2.05) is 18.2 Å². The Bertz CT molecular complexity index is 1100. The maximum Gasteiger partial charge on any atom is 0.268 e. The van der Waals surface area contributed by atoms with Crippen LogP contribution in [0, 0.1) is 29.1 Å². The zero-order valence-electron chi connectivity index (χ0n) is 19.3. The highest BCUT2D eigenvalue weighted by atomic mass is 32.2. The van der Waals surface area contributed by atoms with Gasteiger partial charge in [0.1, 0.15) is 22.4 Å². The summed E-state index contributed by atoms with van der Waals surface area (Å²) < 4.78 is 5.89. The Morgan fingerprint density at radius 1 is 1.12 bits per heavy atom. The van der Waals surface area contributed by atoms with Gasteiger partial charge in [-0.3, -0.25) is 10.1 Å². The minimum Gasteiger partial charge on any atom is -0.450 e. The number of nitrogens with one attached hydrogen (secondary N) is 1. The van der Waals surface area contributed by atoms with Crippen molar-refractivity contribution < 1.29 is 9.21 Å². The van der Waals surface area contributed by atoms with Gasteiger partial charge < -0.3 is 4.42 Å². The number of hydrogen-bond acceptors (Lipinski definition) is 7. The summed E-state index contributed by atoms with van der Waals surface area (Å²) >= 11 is 3.25. The van der Waals surface area contributed by atoms with Crippen LogP contribution in [0.25, 0.3) is 6.08 Å². The van der Waals surface area contributed by atoms with Crippen molar-refractivity contribution in [2.24, 2.45) is 17.8 Å². The number of carbonyl (C=O) groups is 1. The van der Waals surface area contributed by atoms with E-state index in [-0.39, 0.29) is 11.0 Å². The van der Waals surface area contributed by atoms with Crippen molar-refractivity contribution in [3.8, 4) is 6.07 Å². The molecular formula is C26H30N4O2S2. The molecule has 0 aliphatic heterocycles. The number of anilines is 1. The van der Waals surface area contributed by atoms with E-state index in [2.05, 4.69) is 15.5 Å². The zero-order valence-corrected chi connectivity index (χ0v) is 20.9. The zero-order chi connectivity index (χ0) is 23.1. The molecule has 178 valence electrons. The molecule has 5 fully saturated rings. The van der Waals surface area contributed by atoms with E-state index in [4.69, 9.17) is 4.42 Å². The molecule has 2 heterocycles. The van der Waals surface area contributed by atoms with Gasteiger partial charge >= 0.3 is 0 Å². The Kier molecular flexibility index (Phi) is 6.02. The van der Waals surface area contributed by atoms with E-state index in [9.17, 15) is 10.1 Å². The van der Waals surface area contributed by atoms with Gasteiger partial charge in [0.2, 0.25) is 5.13 Å². The van der Waals surface area contributed by atoms with Gasteiger partial charge in [0.05, 0.1) is 0 Å². The van der Waals surface area contributed by atoms with Crippen LogP contribution in [0.3, 0.4) is 0 Å². The van der Waals surface area contributed by atoms with Gasteiger partial charge in [0, 0.05) is 16.7 Å². The molecule has 34 heavy (non-hydrogen) atoms. The van der Waals surface area contributed by atoms with E-state index < -0.39 is 5.91 Å². The van der Waals surface area contributed by atoms with Crippen molar-refractivity contribution in [1.29, 1.82) is 5.26 Å². The monoisotopic (exact) mass is 494 g/mol. The fraction of sp³-hybridized carbons (Fsp3) is 0.615. The number of hydrogen-bond donors (Lipinski definition) is 1. The second kappa shape index (κ2) is 9.16. The van der Waals surface area contributed by atoms with Crippen molar-refractivity contribution in [2.75, 3.05) is 5.32 Å². The molecule has 7 rings (SSSR count). The van der Waals surface area contributed by atoms with Gasteiger partial charge in [0.25, 0.3) is 5.91 Å². The fourth-order valence-corrected chi connectivity index (χ4v) is 9.28. The highest BCUT2D eigenvalue weighted by Gasteiger charge is 2.53. The first-order valence-corrected chi connectivity index (χ1v) is 14.3. The first kappa shape index (κ1) is 22.4. The van der Waals surface area contributed by atoms with Gasteiger partial charge in [-0.05, 0) is 81.3 Å². The molecule has 5 aliphatic carbocycles. The minimum atomic E-state index is -0.464. The third-order valence-corrected chi connectivity index (χ3v) is 10.6. The van der Waals surface area contributed by atoms with Gasteiger partial charge in [-0.1, -0.05) is 42.4 Å². The third kappa shape index (κ3) is 4.45. The lowest BCUT2D eigenvalue weighted by atomic mass is 9.50. The van der Waals surface area contributed by atoms with E-state index in [1.54, 1.807) is 11.8 Å². The van der Waals surface area contributed by atoms with Crippen molar-refractivity contribution >= 4 is 40.2 Å². The van der Waals surface area contributed by atoms with Gasteiger partial charge in [0.15, 0.2) is 5.09 Å². The molecule has 0 radical (unpaired) electrons. The third-order valence-electron chi connectivity index (χ3n) is 8.23. The first-order chi connectivity index (χ1) is 16.6. The second-order valence-corrected chi connectivity index (χ2v) is 13.1. The molecule has 0 atom stereocenters. The maximum absolute atomic E-state index is 12.8. The standard InChI is InChI=1S/C26H30N4O2S2/c27-15-19(11-20-6-7-22(32-20)33-21-4-2-1-3-5-21)23(31)28-25-30-29-24(34-25)26-12-16-8-17(13-26)10-18(9-16)14-26/h6-7,11,16-18,21H,1-5,8-10,12-14H2,(H,28,30,31)/b19-11-. The van der Waals surface area contributed by atoms with E-state index >= 15 is 0 Å². The molecule has 6 nitrogen and oxygen atoms in total. The molecule has 4 bridgehead atoms. The van der Waals surface area contributed by atoms with Crippen LogP contribution in [0.4, 0.5) is 5.13 Å². The Morgan fingerprint density at radius 3 is 2.50 bits per heavy atom. The predicted molar refractivity (Wildman–Crippen MR) is 133 cm³/mol. The summed E-state index contributed by atoms with van der Waals surface area (Å²) in [7, 11) is 0. The van der Waals surface area contributed by atoms with Gasteiger partial charge in [-0.25, -0.2) is 0 Å². The summed E-state index contributed by atoms with van der Waals surface area (Å²) in [5.74, 6) is 2.55. The second-order valence-electron chi connectivity index (χ2n) is 10.8. The quantitative estimate of drug-likeness (QED) is 0.361. The Morgan fingerprint density at radius 2 is 1.82 bits per heavy atom. The molecule has 0 unspecified atom stereocenters. The molecule has 0 spiro atoms. The Balaban J connectivity index is 1.12. The Hall–Kier alpha value is -2.11. The number of amides is 1. The lowest BCUT2D eigenvalue weighted by Gasteiger charge is -2.55. The molecule has 2 aromatic rings. The van der Waals surface area contributed by atoms with E-state index in [0.717, 1.165) is 27.9 Å². The predicted octanol–water partition coefficient (Wildman–Crippen LogP) is 6.57. The van der Waals surface area contributed by atoms with Gasteiger partial charge in [-0.2, -0.15) is 5.26 Å². The first-order valence-electron chi connectivity index (χ1n) is 12.6. The average molecular weight is 495 g/mol. The average Bonchev–Trinajstić information content (AvgIpc) is 3.47. The number of furan rings is 1. The normalized spacial score (nSPS) is 30.9. The van der Waals surface area contributed by atoms with Crippen molar-refractivity contribution in [3.63, 3.8) is 0 Å². The topological polar surface area (TPSA) is 91.8 Å². The molecule has 2 aromatic heterocycles. The van der Waals surface area contributed by atoms with Crippen molar-refractivity contribution in [2.45, 2.75) is 86.4 Å². The van der Waals surface area contributed by atoms with Crippen LogP contribution in [0.2, 0.25) is 0 Å². The van der Waals surface area contributed by atoms with Gasteiger partial charge in [-0.15, -0.1) is 10.2 Å². The molecular weight excluding hydrogens is 464 g/mol. The highest BCUT2D eigenvalue weighted by Crippen LogP contribution is 2.61. The van der Waals surface area contributed by atoms with Crippen LogP contribution in [0.5, 0.6) is 0 Å². The minimum absolute atomic E-state index is 0.00937. The molecule has 1 N–H and O–H groups in total. The summed E-state index contributed by atoms with van der Waals surface area (Å²) in [6.45, 7) is 0. The molecule has 0 aromatic carbocycles. The number of nitrogens with zero attached hydrogens (tertiary/aromatic N) is 3. The summed E-state index contributed by atoms with van der Waals surface area (Å²) in [5.41, 5.74) is 0.166. The summed E-state index contributed by atoms with van der Waals surface area (Å²) in [5, 5.41) is 24.2. The molecule has 0 saturated heterocycles. The molecule has 1 amide bonds. The van der Waals surface area contributed by atoms with E-state index in [1.165, 1.54) is 88.0 Å². The summed E-state index contributed by atoms with van der Waals surface area (Å²) in [6.07, 6.45) is 15.6. The highest BCUT2D eigenvalue weighted by molar-refractivity contribution is 7.99. The van der Waals surface area contributed by atoms with Crippen LogP contribution < -0.4 is 5.32 Å². The van der Waals surface area contributed by atoms with E-state index in [0.29, 0.717) is 16.1 Å². The SMILES string of the molecule is N#C/C(=C/c1ccc(SC2CCCCC2)o1)C(=O)Nc1nnc(C23CC4CC(CC(C4)C2)C3)s1. The largest absolute Gasteiger partial charge is 0.450 e.